The topological polar surface area (TPSA) is 49.3 Å². The lowest BCUT2D eigenvalue weighted by Gasteiger charge is -2.13. The number of hydrogen-bond donors (Lipinski definition) is 2. The van der Waals surface area contributed by atoms with E-state index in [0.717, 1.165) is 11.1 Å². The summed E-state index contributed by atoms with van der Waals surface area (Å²) in [6.07, 6.45) is 0.965. The van der Waals surface area contributed by atoms with Crippen LogP contribution in [0.25, 0.3) is 0 Å². The Morgan fingerprint density at radius 1 is 1.50 bits per heavy atom. The van der Waals surface area contributed by atoms with Gasteiger partial charge in [0.05, 0.1) is 12.6 Å². The van der Waals surface area contributed by atoms with E-state index in [4.69, 9.17) is 5.11 Å². The van der Waals surface area contributed by atoms with Crippen LogP contribution < -0.4 is 5.32 Å². The number of carbonyl (C=O) groups excluding carboxylic acids is 1. The molecular weight excluding hydrogens is 226 g/mol. The van der Waals surface area contributed by atoms with Gasteiger partial charge in [0.1, 0.15) is 0 Å². The third-order valence-electron chi connectivity index (χ3n) is 2.55. The monoisotopic (exact) mass is 245 g/mol. The van der Waals surface area contributed by atoms with Gasteiger partial charge in [-0.25, -0.2) is 0 Å². The molecule has 0 saturated carbocycles. The zero-order valence-electron chi connectivity index (χ0n) is 10.9. The van der Waals surface area contributed by atoms with Crippen molar-refractivity contribution in [1.82, 2.24) is 5.32 Å². The number of aliphatic hydroxyl groups excluding tert-OH is 1. The Kier molecular flexibility index (Phi) is 5.96. The normalized spacial score (nSPS) is 11.3. The van der Waals surface area contributed by atoms with Crippen LogP contribution in [-0.2, 0) is 4.79 Å². The van der Waals surface area contributed by atoms with Crippen LogP contribution >= 0.6 is 0 Å². The third kappa shape index (κ3) is 4.60. The minimum Gasteiger partial charge on any atom is -0.395 e. The predicted octanol–water partition coefficient (Wildman–Crippen LogP) is 2.01. The Morgan fingerprint density at radius 3 is 2.94 bits per heavy atom. The second kappa shape index (κ2) is 7.52. The van der Waals surface area contributed by atoms with Gasteiger partial charge >= 0.3 is 0 Å². The Labute approximate surface area is 108 Å². The van der Waals surface area contributed by atoms with E-state index in [9.17, 15) is 4.79 Å². The van der Waals surface area contributed by atoms with Crippen LogP contribution in [0.5, 0.6) is 0 Å². The zero-order chi connectivity index (χ0) is 13.4. The van der Waals surface area contributed by atoms with Crippen molar-refractivity contribution in [2.24, 2.45) is 0 Å². The van der Waals surface area contributed by atoms with Crippen LogP contribution in [0.2, 0.25) is 0 Å². The van der Waals surface area contributed by atoms with E-state index in [1.807, 2.05) is 38.1 Å². The predicted molar refractivity (Wildman–Crippen MR) is 71.9 cm³/mol. The first-order valence-corrected chi connectivity index (χ1v) is 6.16. The zero-order valence-corrected chi connectivity index (χ0v) is 10.9. The van der Waals surface area contributed by atoms with Crippen molar-refractivity contribution in [2.45, 2.75) is 32.7 Å². The van der Waals surface area contributed by atoms with Crippen LogP contribution in [0.3, 0.4) is 0 Å². The molecule has 0 spiro atoms. The van der Waals surface area contributed by atoms with Crippen molar-refractivity contribution in [3.05, 3.63) is 35.4 Å². The molecule has 3 nitrogen and oxygen atoms in total. The Balaban J connectivity index is 2.76. The molecule has 0 saturated heterocycles. The van der Waals surface area contributed by atoms with Crippen molar-refractivity contribution >= 4 is 5.91 Å². The number of rotatable bonds is 4. The summed E-state index contributed by atoms with van der Waals surface area (Å²) >= 11 is 0. The van der Waals surface area contributed by atoms with E-state index < -0.39 is 0 Å². The lowest BCUT2D eigenvalue weighted by molar-refractivity contribution is -0.121. The minimum atomic E-state index is -0.0166. The molecule has 0 radical (unpaired) electrons. The van der Waals surface area contributed by atoms with E-state index >= 15 is 0 Å². The van der Waals surface area contributed by atoms with Gasteiger partial charge in [0.25, 0.3) is 0 Å². The smallest absolute Gasteiger partial charge is 0.220 e. The molecule has 0 aromatic heterocycles. The number of amides is 1. The summed E-state index contributed by atoms with van der Waals surface area (Å²) in [5.74, 6) is 5.91. The first-order chi connectivity index (χ1) is 8.67. The molecule has 1 unspecified atom stereocenters. The number of aliphatic hydroxyl groups is 1. The molecule has 1 aromatic rings. The molecule has 1 amide bonds. The molecule has 2 N–H and O–H groups in total. The molecule has 3 heteroatoms. The lowest BCUT2D eigenvalue weighted by Crippen LogP contribution is -2.25. The van der Waals surface area contributed by atoms with Crippen LogP contribution in [0.1, 0.15) is 43.9 Å². The van der Waals surface area contributed by atoms with Gasteiger partial charge in [-0.1, -0.05) is 30.9 Å². The average molecular weight is 245 g/mol. The van der Waals surface area contributed by atoms with Crippen LogP contribution in [-0.4, -0.2) is 17.6 Å². The van der Waals surface area contributed by atoms with Crippen molar-refractivity contribution in [2.75, 3.05) is 6.61 Å². The molecule has 0 fully saturated rings. The van der Waals surface area contributed by atoms with Crippen molar-refractivity contribution in [3.8, 4) is 11.8 Å². The molecule has 0 aliphatic carbocycles. The SMILES string of the molecule is CCC(=O)NC(C)c1cccc(C#CCCO)c1. The fourth-order valence-electron chi connectivity index (χ4n) is 1.53. The summed E-state index contributed by atoms with van der Waals surface area (Å²) in [5, 5.41) is 11.6. The van der Waals surface area contributed by atoms with E-state index in [1.54, 1.807) is 0 Å². The van der Waals surface area contributed by atoms with Crippen LogP contribution in [0, 0.1) is 11.8 Å². The Morgan fingerprint density at radius 2 is 2.28 bits per heavy atom. The van der Waals surface area contributed by atoms with Gasteiger partial charge < -0.3 is 10.4 Å². The molecule has 1 aromatic carbocycles. The second-order valence-corrected chi connectivity index (χ2v) is 4.04. The van der Waals surface area contributed by atoms with Gasteiger partial charge in [-0.15, -0.1) is 0 Å². The quantitative estimate of drug-likeness (QED) is 0.797. The average Bonchev–Trinajstić information content (AvgIpc) is 2.39. The van der Waals surface area contributed by atoms with E-state index in [1.165, 1.54) is 0 Å². The number of hydrogen-bond acceptors (Lipinski definition) is 2. The molecule has 1 atom stereocenters. The first-order valence-electron chi connectivity index (χ1n) is 6.16. The van der Waals surface area contributed by atoms with E-state index in [0.29, 0.717) is 12.8 Å². The van der Waals surface area contributed by atoms with Crippen LogP contribution in [0.15, 0.2) is 24.3 Å². The number of benzene rings is 1. The van der Waals surface area contributed by atoms with Crippen molar-refractivity contribution in [3.63, 3.8) is 0 Å². The molecule has 0 heterocycles. The highest BCUT2D eigenvalue weighted by molar-refractivity contribution is 5.76. The standard InChI is InChI=1S/C15H19NO2/c1-3-15(18)16-12(2)14-9-6-8-13(11-14)7-4-5-10-17/h6,8-9,11-12,17H,3,5,10H2,1-2H3,(H,16,18). The fourth-order valence-corrected chi connectivity index (χ4v) is 1.53. The second-order valence-electron chi connectivity index (χ2n) is 4.04. The first kappa shape index (κ1) is 14.3. The van der Waals surface area contributed by atoms with Gasteiger partial charge in [-0.3, -0.25) is 4.79 Å². The molecule has 1 rings (SSSR count). The largest absolute Gasteiger partial charge is 0.395 e. The molecule has 0 bridgehead atoms. The number of carbonyl (C=O) groups is 1. The van der Waals surface area contributed by atoms with Crippen molar-refractivity contribution in [1.29, 1.82) is 0 Å². The molecule has 96 valence electrons. The molecule has 18 heavy (non-hydrogen) atoms. The maximum Gasteiger partial charge on any atom is 0.220 e. The van der Waals surface area contributed by atoms with E-state index in [-0.39, 0.29) is 18.6 Å². The summed E-state index contributed by atoms with van der Waals surface area (Å²) in [6.45, 7) is 3.86. The fraction of sp³-hybridized carbons (Fsp3) is 0.400. The highest BCUT2D eigenvalue weighted by Crippen LogP contribution is 2.13. The maximum absolute atomic E-state index is 11.3. The molecule has 0 aliphatic rings. The summed E-state index contributed by atoms with van der Waals surface area (Å²) in [5.41, 5.74) is 1.94. The maximum atomic E-state index is 11.3. The van der Waals surface area contributed by atoms with E-state index in [2.05, 4.69) is 17.2 Å². The van der Waals surface area contributed by atoms with Gasteiger partial charge in [-0.05, 0) is 24.6 Å². The van der Waals surface area contributed by atoms with Crippen molar-refractivity contribution < 1.29 is 9.90 Å². The molecular formula is C15H19NO2. The minimum absolute atomic E-state index is 0.0166. The summed E-state index contributed by atoms with van der Waals surface area (Å²) in [4.78, 5) is 11.3. The van der Waals surface area contributed by atoms with Gasteiger partial charge in [-0.2, -0.15) is 0 Å². The summed E-state index contributed by atoms with van der Waals surface area (Å²) < 4.78 is 0. The summed E-state index contributed by atoms with van der Waals surface area (Å²) in [7, 11) is 0. The number of nitrogens with one attached hydrogen (secondary N) is 1. The highest BCUT2D eigenvalue weighted by Gasteiger charge is 2.07. The summed E-state index contributed by atoms with van der Waals surface area (Å²) in [6, 6.07) is 7.76. The third-order valence-corrected chi connectivity index (χ3v) is 2.55. The molecule has 0 aliphatic heterocycles. The Hall–Kier alpha value is -1.79. The van der Waals surface area contributed by atoms with Gasteiger partial charge in [0.2, 0.25) is 5.91 Å². The lowest BCUT2D eigenvalue weighted by atomic mass is 10.1. The Bertz CT molecular complexity index is 457. The highest BCUT2D eigenvalue weighted by atomic mass is 16.2. The van der Waals surface area contributed by atoms with Gasteiger partial charge in [0, 0.05) is 18.4 Å². The van der Waals surface area contributed by atoms with Crippen LogP contribution in [0.4, 0.5) is 0 Å². The van der Waals surface area contributed by atoms with Gasteiger partial charge in [0.15, 0.2) is 0 Å².